The largest absolute Gasteiger partial charge is 0.481 e. The van der Waals surface area contributed by atoms with E-state index >= 15 is 0 Å². The Kier molecular flexibility index (Phi) is 6.86. The third-order valence-corrected chi connectivity index (χ3v) is 6.27. The van der Waals surface area contributed by atoms with Gasteiger partial charge in [-0.3, -0.25) is 9.59 Å². The first-order chi connectivity index (χ1) is 13.9. The van der Waals surface area contributed by atoms with E-state index < -0.39 is 11.4 Å². The summed E-state index contributed by atoms with van der Waals surface area (Å²) in [6.07, 6.45) is 3.61. The molecule has 2 atom stereocenters. The molecule has 6 heteroatoms. The third-order valence-electron chi connectivity index (χ3n) is 5.80. The van der Waals surface area contributed by atoms with Crippen molar-refractivity contribution in [2.24, 2.45) is 5.92 Å². The van der Waals surface area contributed by atoms with E-state index in [1.807, 2.05) is 24.3 Å². The average Bonchev–Trinajstić information content (AvgIpc) is 2.93. The van der Waals surface area contributed by atoms with Gasteiger partial charge in [0.25, 0.3) is 0 Å². The lowest BCUT2D eigenvalue weighted by atomic mass is 9.64. The summed E-state index contributed by atoms with van der Waals surface area (Å²) in [7, 11) is 0. The van der Waals surface area contributed by atoms with Crippen molar-refractivity contribution in [2.45, 2.75) is 50.9 Å². The van der Waals surface area contributed by atoms with E-state index in [4.69, 9.17) is 23.2 Å². The van der Waals surface area contributed by atoms with E-state index in [9.17, 15) is 14.7 Å². The van der Waals surface area contributed by atoms with Crippen molar-refractivity contribution in [3.05, 3.63) is 63.6 Å². The highest BCUT2D eigenvalue weighted by Crippen LogP contribution is 2.49. The minimum atomic E-state index is -0.852. The van der Waals surface area contributed by atoms with Crippen LogP contribution in [0.15, 0.2) is 42.5 Å². The number of fused-ring (bicyclic) bond motifs is 1. The van der Waals surface area contributed by atoms with Crippen LogP contribution in [0.25, 0.3) is 0 Å². The predicted molar refractivity (Wildman–Crippen MR) is 117 cm³/mol. The molecule has 29 heavy (non-hydrogen) atoms. The number of carbonyl (C=O) groups is 2. The fourth-order valence-electron chi connectivity index (χ4n) is 4.44. The molecule has 2 aromatic rings. The molecule has 1 aliphatic heterocycles. The van der Waals surface area contributed by atoms with Crippen molar-refractivity contribution in [3.8, 4) is 0 Å². The Hall–Kier alpha value is -2.04. The van der Waals surface area contributed by atoms with Crippen LogP contribution in [0.5, 0.6) is 0 Å². The molecule has 1 aliphatic rings. The van der Waals surface area contributed by atoms with E-state index in [1.54, 1.807) is 18.2 Å². The first-order valence-corrected chi connectivity index (χ1v) is 10.7. The van der Waals surface area contributed by atoms with Gasteiger partial charge >= 0.3 is 5.97 Å². The van der Waals surface area contributed by atoms with Crippen molar-refractivity contribution in [1.29, 1.82) is 0 Å². The molecule has 154 valence electrons. The molecule has 2 aromatic carbocycles. The molecule has 0 aliphatic carbocycles. The van der Waals surface area contributed by atoms with Gasteiger partial charge in [-0.15, -0.1) is 0 Å². The number of halogens is 2. The smallest absolute Gasteiger partial charge is 0.303 e. The average molecular weight is 434 g/mol. The van der Waals surface area contributed by atoms with Crippen LogP contribution in [0.4, 0.5) is 5.69 Å². The molecule has 0 aromatic heterocycles. The number of carbonyl (C=O) groups excluding carboxylic acids is 1. The number of aliphatic carboxylic acids is 1. The summed E-state index contributed by atoms with van der Waals surface area (Å²) in [6, 6.07) is 13.0. The van der Waals surface area contributed by atoms with E-state index in [0.29, 0.717) is 28.6 Å². The van der Waals surface area contributed by atoms with Crippen LogP contribution >= 0.6 is 23.2 Å². The molecule has 1 amide bonds. The van der Waals surface area contributed by atoms with Crippen molar-refractivity contribution < 1.29 is 14.7 Å². The monoisotopic (exact) mass is 433 g/mol. The lowest BCUT2D eigenvalue weighted by molar-refractivity contribution is -0.138. The van der Waals surface area contributed by atoms with Gasteiger partial charge in [-0.25, -0.2) is 0 Å². The van der Waals surface area contributed by atoms with Gasteiger partial charge in [0.1, 0.15) is 0 Å². The van der Waals surface area contributed by atoms with E-state index in [2.05, 4.69) is 12.2 Å². The summed E-state index contributed by atoms with van der Waals surface area (Å²) in [5, 5.41) is 13.5. The molecule has 1 heterocycles. The summed E-state index contributed by atoms with van der Waals surface area (Å²) in [5.74, 6) is -1.06. The second-order valence-electron chi connectivity index (χ2n) is 7.69. The first kappa shape index (κ1) is 21.7. The Morgan fingerprint density at radius 2 is 1.90 bits per heavy atom. The SMILES string of the molecule is CCCCC(CCC(=O)O)C1(Cc2cccc(Cl)c2)C(=O)Nc2cc(Cl)ccc21. The fourth-order valence-corrected chi connectivity index (χ4v) is 4.83. The van der Waals surface area contributed by atoms with Gasteiger partial charge < -0.3 is 10.4 Å². The topological polar surface area (TPSA) is 66.4 Å². The molecular formula is C23H25Cl2NO3. The molecule has 0 spiro atoms. The standard InChI is InChI=1S/C23H25Cl2NO3/c1-2-3-6-16(8-11-21(27)28)23(14-15-5-4-7-17(24)12-15)19-10-9-18(25)13-20(19)26-22(23)29/h4-5,7,9-10,12-13,16H,2-3,6,8,11,14H2,1H3,(H,26,29)(H,27,28). The number of unbranched alkanes of at least 4 members (excludes halogenated alkanes) is 1. The minimum absolute atomic E-state index is 0.0296. The second-order valence-corrected chi connectivity index (χ2v) is 8.57. The molecule has 0 fully saturated rings. The van der Waals surface area contributed by atoms with Gasteiger partial charge in [0.15, 0.2) is 0 Å². The zero-order chi connectivity index (χ0) is 21.0. The number of carboxylic acid groups (broad SMARTS) is 1. The summed E-state index contributed by atoms with van der Waals surface area (Å²) >= 11 is 12.4. The van der Waals surface area contributed by atoms with Crippen molar-refractivity contribution >= 4 is 40.8 Å². The maximum Gasteiger partial charge on any atom is 0.303 e. The molecule has 4 nitrogen and oxygen atoms in total. The number of carboxylic acids is 1. The highest BCUT2D eigenvalue weighted by atomic mass is 35.5. The molecule has 0 radical (unpaired) electrons. The third kappa shape index (κ3) is 4.59. The molecule has 0 saturated heterocycles. The number of rotatable bonds is 9. The molecule has 0 bridgehead atoms. The van der Waals surface area contributed by atoms with Crippen LogP contribution in [0.3, 0.4) is 0 Å². The van der Waals surface area contributed by atoms with Crippen LogP contribution in [0.2, 0.25) is 10.0 Å². The highest BCUT2D eigenvalue weighted by molar-refractivity contribution is 6.31. The summed E-state index contributed by atoms with van der Waals surface area (Å²) in [6.45, 7) is 2.10. The number of benzene rings is 2. The lowest BCUT2D eigenvalue weighted by Gasteiger charge is -2.36. The van der Waals surface area contributed by atoms with Gasteiger partial charge in [0.05, 0.1) is 5.41 Å². The van der Waals surface area contributed by atoms with Crippen LogP contribution < -0.4 is 5.32 Å². The first-order valence-electron chi connectivity index (χ1n) is 9.94. The van der Waals surface area contributed by atoms with Crippen molar-refractivity contribution in [3.63, 3.8) is 0 Å². The minimum Gasteiger partial charge on any atom is -0.481 e. The summed E-state index contributed by atoms with van der Waals surface area (Å²) < 4.78 is 0. The van der Waals surface area contributed by atoms with Crippen LogP contribution in [-0.2, 0) is 21.4 Å². The number of hydrogen-bond acceptors (Lipinski definition) is 2. The normalized spacial score (nSPS) is 18.9. The molecule has 2 unspecified atom stereocenters. The number of nitrogens with one attached hydrogen (secondary N) is 1. The highest BCUT2D eigenvalue weighted by Gasteiger charge is 2.51. The molecule has 0 saturated carbocycles. The predicted octanol–water partition coefficient (Wildman–Crippen LogP) is 6.10. The van der Waals surface area contributed by atoms with E-state index in [-0.39, 0.29) is 18.2 Å². The van der Waals surface area contributed by atoms with E-state index in [1.165, 1.54) is 0 Å². The van der Waals surface area contributed by atoms with Gasteiger partial charge in [-0.1, -0.05) is 61.2 Å². The zero-order valence-corrected chi connectivity index (χ0v) is 17.9. The summed E-state index contributed by atoms with van der Waals surface area (Å²) in [4.78, 5) is 24.8. The van der Waals surface area contributed by atoms with Gasteiger partial charge in [0.2, 0.25) is 5.91 Å². The van der Waals surface area contributed by atoms with Crippen LogP contribution in [-0.4, -0.2) is 17.0 Å². The molecule has 3 rings (SSSR count). The molecular weight excluding hydrogens is 409 g/mol. The second kappa shape index (κ2) is 9.19. The lowest BCUT2D eigenvalue weighted by Crippen LogP contribution is -2.44. The molecule has 2 N–H and O–H groups in total. The maximum absolute atomic E-state index is 13.5. The van der Waals surface area contributed by atoms with Crippen molar-refractivity contribution in [1.82, 2.24) is 0 Å². The number of anilines is 1. The van der Waals surface area contributed by atoms with Gasteiger partial charge in [-0.05, 0) is 60.6 Å². The zero-order valence-electron chi connectivity index (χ0n) is 16.4. The van der Waals surface area contributed by atoms with Crippen LogP contribution in [0, 0.1) is 5.92 Å². The van der Waals surface area contributed by atoms with Crippen molar-refractivity contribution in [2.75, 3.05) is 5.32 Å². The van der Waals surface area contributed by atoms with E-state index in [0.717, 1.165) is 30.4 Å². The van der Waals surface area contributed by atoms with Gasteiger partial charge in [-0.2, -0.15) is 0 Å². The van der Waals surface area contributed by atoms with Crippen LogP contribution in [0.1, 0.15) is 50.2 Å². The Bertz CT molecular complexity index is 915. The number of amides is 1. The summed E-state index contributed by atoms with van der Waals surface area (Å²) in [5.41, 5.74) is 1.70. The Balaban J connectivity index is 2.12. The Labute approximate surface area is 181 Å². The maximum atomic E-state index is 13.5. The Morgan fingerprint density at radius 3 is 2.59 bits per heavy atom. The quantitative estimate of drug-likeness (QED) is 0.501. The number of hydrogen-bond donors (Lipinski definition) is 2. The fraction of sp³-hybridized carbons (Fsp3) is 0.391. The Morgan fingerprint density at radius 1 is 1.14 bits per heavy atom. The van der Waals surface area contributed by atoms with Gasteiger partial charge in [0, 0.05) is 22.2 Å².